The number of cyclic esters (lactones) is 1. The molecular formula is C54H82N2O11S. The van der Waals surface area contributed by atoms with Gasteiger partial charge in [-0.05, 0) is 138 Å². The van der Waals surface area contributed by atoms with Gasteiger partial charge >= 0.3 is 5.97 Å². The van der Waals surface area contributed by atoms with Gasteiger partial charge in [0, 0.05) is 49.7 Å². The molecule has 4 aliphatic rings. The number of aliphatic hydroxyl groups excluding tert-OH is 2. The molecule has 0 aromatic carbocycles. The van der Waals surface area contributed by atoms with Crippen LogP contribution < -0.4 is 5.32 Å². The first-order valence-corrected chi connectivity index (χ1v) is 26.2. The van der Waals surface area contributed by atoms with Crippen molar-refractivity contribution in [3.8, 4) is 0 Å². The molecular weight excluding hydrogens is 885 g/mol. The van der Waals surface area contributed by atoms with Crippen LogP contribution in [0.1, 0.15) is 132 Å². The topological polar surface area (TPSA) is 181 Å². The van der Waals surface area contributed by atoms with Crippen LogP contribution in [0.2, 0.25) is 0 Å². The van der Waals surface area contributed by atoms with Gasteiger partial charge in [-0.3, -0.25) is 14.4 Å². The van der Waals surface area contributed by atoms with E-state index in [0.29, 0.717) is 76.2 Å². The van der Waals surface area contributed by atoms with Crippen LogP contribution in [0.5, 0.6) is 0 Å². The Bertz CT molecular complexity index is 1930. The number of ether oxygens (including phenoxy) is 4. The summed E-state index contributed by atoms with van der Waals surface area (Å²) in [6.07, 6.45) is 15.2. The fraction of sp³-hybridized carbons (Fsp3) is 0.704. The van der Waals surface area contributed by atoms with Crippen molar-refractivity contribution in [1.29, 1.82) is 0 Å². The maximum atomic E-state index is 14.5. The van der Waals surface area contributed by atoms with Gasteiger partial charge < -0.3 is 44.5 Å². The van der Waals surface area contributed by atoms with Crippen LogP contribution in [-0.2, 0) is 38.1 Å². The summed E-state index contributed by atoms with van der Waals surface area (Å²) in [7, 11) is 3.06. The number of thiophene rings is 1. The Kier molecular flexibility index (Phi) is 21.3. The number of hydrogen-bond acceptors (Lipinski definition) is 13. The lowest BCUT2D eigenvalue weighted by Crippen LogP contribution is -2.61. The van der Waals surface area contributed by atoms with E-state index in [1.807, 2.05) is 68.0 Å². The summed E-state index contributed by atoms with van der Waals surface area (Å²) in [6.45, 7) is 13.7. The van der Waals surface area contributed by atoms with E-state index in [4.69, 9.17) is 18.9 Å². The van der Waals surface area contributed by atoms with Gasteiger partial charge in [0.1, 0.15) is 24.4 Å². The molecule has 14 heteroatoms. The fourth-order valence-corrected chi connectivity index (χ4v) is 11.4. The summed E-state index contributed by atoms with van der Waals surface area (Å²) < 4.78 is 24.1. The van der Waals surface area contributed by atoms with E-state index in [1.165, 1.54) is 12.0 Å². The Morgan fingerprint density at radius 2 is 1.65 bits per heavy atom. The lowest BCUT2D eigenvalue weighted by atomic mass is 9.78. The molecule has 0 radical (unpaired) electrons. The molecule has 0 unspecified atom stereocenters. The summed E-state index contributed by atoms with van der Waals surface area (Å²) >= 11 is 1.57. The lowest BCUT2D eigenvalue weighted by Gasteiger charge is -2.43. The minimum Gasteiger partial charge on any atom is -0.461 e. The minimum absolute atomic E-state index is 0.0644. The van der Waals surface area contributed by atoms with Crippen LogP contribution in [0.4, 0.5) is 5.69 Å². The van der Waals surface area contributed by atoms with Crippen molar-refractivity contribution < 1.29 is 53.4 Å². The SMILES string of the molecule is CO[C@@H]1C[C@@H](C[C@@H](C)[C@@H]2CC[C@H](C)/C=C(\C)[C@@H](O)[C@@H](OC)C(=O)[C@H](C)C[C@H](C)/C=C/C=C/C=C(\C)[C@@H](Nc3ccsc3)C[C@@H]3CC[C@@H](C)[C@@](O)(O3)C(=O)C(=O)N3CCCC[C@H]3C(=O)O2)CC[C@H]1O. The zero-order valence-corrected chi connectivity index (χ0v) is 43.0. The number of allylic oxidation sites excluding steroid dienone is 6. The predicted molar refractivity (Wildman–Crippen MR) is 266 cm³/mol. The van der Waals surface area contributed by atoms with Gasteiger partial charge in [0.2, 0.25) is 5.79 Å². The Hall–Kier alpha value is -3.50. The first kappa shape index (κ1) is 55.4. The summed E-state index contributed by atoms with van der Waals surface area (Å²) in [4.78, 5) is 58.3. The number of nitrogens with one attached hydrogen (secondary N) is 1. The maximum Gasteiger partial charge on any atom is 0.329 e. The van der Waals surface area contributed by atoms with Crippen molar-refractivity contribution >= 4 is 40.5 Å². The molecule has 0 spiro atoms. The Balaban J connectivity index is 1.46. The van der Waals surface area contributed by atoms with Crippen molar-refractivity contribution in [1.82, 2.24) is 4.90 Å². The second-order valence-electron chi connectivity index (χ2n) is 20.7. The highest BCUT2D eigenvalue weighted by atomic mass is 32.1. The highest BCUT2D eigenvalue weighted by molar-refractivity contribution is 7.08. The zero-order chi connectivity index (χ0) is 49.7. The van der Waals surface area contributed by atoms with Gasteiger partial charge in [-0.15, -0.1) is 0 Å². The molecule has 1 amide bonds. The summed E-state index contributed by atoms with van der Waals surface area (Å²) in [5.41, 5.74) is 2.53. The van der Waals surface area contributed by atoms with Crippen molar-refractivity contribution in [2.24, 2.45) is 35.5 Å². The number of hydrogen-bond donors (Lipinski definition) is 4. The smallest absolute Gasteiger partial charge is 0.329 e. The Morgan fingerprint density at radius 3 is 2.35 bits per heavy atom. The zero-order valence-electron chi connectivity index (χ0n) is 42.1. The normalized spacial score (nSPS) is 39.1. The lowest BCUT2D eigenvalue weighted by molar-refractivity contribution is -0.263. The molecule has 1 aliphatic carbocycles. The maximum absolute atomic E-state index is 14.5. The van der Waals surface area contributed by atoms with Gasteiger partial charge in [0.05, 0.1) is 18.3 Å². The number of amides is 1. The third-order valence-corrected chi connectivity index (χ3v) is 15.8. The first-order valence-electron chi connectivity index (χ1n) is 25.3. The average Bonchev–Trinajstić information content (AvgIpc) is 3.84. The van der Waals surface area contributed by atoms with E-state index in [0.717, 1.165) is 24.1 Å². The van der Waals surface area contributed by atoms with Crippen LogP contribution in [0.25, 0.3) is 0 Å². The summed E-state index contributed by atoms with van der Waals surface area (Å²) in [5.74, 6) is -6.08. The second kappa shape index (κ2) is 26.1. The van der Waals surface area contributed by atoms with Gasteiger partial charge in [0.25, 0.3) is 11.7 Å². The van der Waals surface area contributed by atoms with Crippen LogP contribution in [0.15, 0.2) is 64.4 Å². The molecule has 1 saturated carbocycles. The average molecular weight is 967 g/mol. The number of fused-ring (bicyclic) bond motifs is 3. The number of carbonyl (C=O) groups excluding carboxylic acids is 4. The van der Waals surface area contributed by atoms with Crippen molar-refractivity contribution in [3.63, 3.8) is 0 Å². The van der Waals surface area contributed by atoms with Crippen molar-refractivity contribution in [3.05, 3.63) is 64.4 Å². The number of aliphatic hydroxyl groups is 3. The third kappa shape index (κ3) is 14.8. The van der Waals surface area contributed by atoms with Gasteiger partial charge in [-0.1, -0.05) is 76.6 Å². The van der Waals surface area contributed by atoms with E-state index in [1.54, 1.807) is 32.3 Å². The number of carbonyl (C=O) groups is 4. The van der Waals surface area contributed by atoms with E-state index in [9.17, 15) is 34.5 Å². The summed E-state index contributed by atoms with van der Waals surface area (Å²) in [5, 5.41) is 41.8. The molecule has 1 aromatic heterocycles. The molecule has 15 atom stereocenters. The van der Waals surface area contributed by atoms with Crippen LogP contribution >= 0.6 is 11.3 Å². The largest absolute Gasteiger partial charge is 0.461 e. The van der Waals surface area contributed by atoms with Gasteiger partial charge in [0.15, 0.2) is 5.78 Å². The predicted octanol–water partition coefficient (Wildman–Crippen LogP) is 8.53. The fourth-order valence-electron chi connectivity index (χ4n) is 10.8. The number of rotatable bonds is 7. The minimum atomic E-state index is -2.38. The van der Waals surface area contributed by atoms with Crippen LogP contribution in [0, 0.1) is 35.5 Å². The molecule has 2 bridgehead atoms. The third-order valence-electron chi connectivity index (χ3n) is 15.2. The molecule has 5 rings (SSSR count). The number of Topliss-reactive ketones (excluding diaryl/α,β-unsaturated/α-hetero) is 2. The molecule has 380 valence electrons. The molecule has 2 saturated heterocycles. The number of piperidine rings is 1. The second-order valence-corrected chi connectivity index (χ2v) is 21.5. The van der Waals surface area contributed by atoms with Gasteiger partial charge in [-0.25, -0.2) is 4.79 Å². The van der Waals surface area contributed by atoms with E-state index >= 15 is 0 Å². The summed E-state index contributed by atoms with van der Waals surface area (Å²) in [6, 6.07) is 0.732. The number of esters is 1. The molecule has 4 N–H and O–H groups in total. The first-order chi connectivity index (χ1) is 32.4. The van der Waals surface area contributed by atoms with E-state index in [-0.39, 0.29) is 54.1 Å². The van der Waals surface area contributed by atoms with Crippen molar-refractivity contribution in [2.45, 2.75) is 186 Å². The monoisotopic (exact) mass is 967 g/mol. The highest BCUT2D eigenvalue weighted by Gasteiger charge is 2.53. The molecule has 3 aliphatic heterocycles. The van der Waals surface area contributed by atoms with Crippen LogP contribution in [-0.4, -0.2) is 119 Å². The molecule has 3 fully saturated rings. The van der Waals surface area contributed by atoms with E-state index < -0.39 is 65.9 Å². The Labute approximate surface area is 409 Å². The van der Waals surface area contributed by atoms with E-state index in [2.05, 4.69) is 25.2 Å². The van der Waals surface area contributed by atoms with Gasteiger partial charge in [-0.2, -0.15) is 11.3 Å². The number of anilines is 1. The highest BCUT2D eigenvalue weighted by Crippen LogP contribution is 2.38. The number of nitrogens with zero attached hydrogens (tertiary/aromatic N) is 1. The molecule has 4 heterocycles. The Morgan fingerprint density at radius 1 is 0.882 bits per heavy atom. The standard InChI is InChI=1S/C54H82N2O11S/c1-33-15-11-10-12-16-35(3)43(55-41-24-26-68-32-41)31-42-21-19-39(7)54(63,67-42)51(60)52(61)56-25-14-13-17-44(56)53(62)66-46(36(4)29-40-20-22-45(57)47(30-40)64-8)23-18-34(2)28-38(6)49(59)50(65-9)48(58)37(5)27-33/h10-12,15-16,24,26,28,32-34,36-37,39-40,42-47,49-50,55,57,59,63H,13-14,17-23,25,27,29-31H2,1-9H3/b12-10+,15-11+,35-16+,38-28+/t33-,34+,36-,37-,39-,40-,42+,43+,44+,45-,46+,47-,49-,50+,54-/m1/s1. The molecule has 1 aromatic rings. The van der Waals surface area contributed by atoms with Crippen LogP contribution in [0.3, 0.4) is 0 Å². The number of ketones is 2. The quantitative estimate of drug-likeness (QED) is 0.116. The number of methoxy groups -OCH3 is 2. The molecule has 13 nitrogen and oxygen atoms in total. The van der Waals surface area contributed by atoms with Crippen molar-refractivity contribution in [2.75, 3.05) is 26.1 Å². The molecule has 68 heavy (non-hydrogen) atoms.